The SMILES string of the molecule is Cc1nc(SCC(=O)Nc2ccc(C(=O)[O-])cc2)[nH]c(=O)c1Cc1ccccc1. The van der Waals surface area contributed by atoms with Crippen LogP contribution in [0.1, 0.15) is 27.2 Å². The first kappa shape index (κ1) is 20.3. The average Bonchev–Trinajstić information content (AvgIpc) is 2.70. The maximum absolute atomic E-state index is 12.4. The lowest BCUT2D eigenvalue weighted by Crippen LogP contribution is -2.22. The van der Waals surface area contributed by atoms with Crippen molar-refractivity contribution in [1.29, 1.82) is 0 Å². The van der Waals surface area contributed by atoms with Gasteiger partial charge in [-0.2, -0.15) is 0 Å². The molecule has 29 heavy (non-hydrogen) atoms. The molecule has 3 rings (SSSR count). The summed E-state index contributed by atoms with van der Waals surface area (Å²) in [6.45, 7) is 1.77. The van der Waals surface area contributed by atoms with Crippen molar-refractivity contribution in [3.05, 3.63) is 87.3 Å². The van der Waals surface area contributed by atoms with E-state index in [1.165, 1.54) is 24.3 Å². The largest absolute Gasteiger partial charge is 0.545 e. The molecule has 0 unspecified atom stereocenters. The summed E-state index contributed by atoms with van der Waals surface area (Å²) in [4.78, 5) is 42.4. The predicted molar refractivity (Wildman–Crippen MR) is 109 cm³/mol. The molecule has 1 heterocycles. The Balaban J connectivity index is 1.61. The Morgan fingerprint density at radius 1 is 1.10 bits per heavy atom. The minimum atomic E-state index is -1.28. The number of nitrogens with zero attached hydrogens (tertiary/aromatic N) is 1. The van der Waals surface area contributed by atoms with Crippen molar-refractivity contribution in [2.24, 2.45) is 0 Å². The first-order valence-electron chi connectivity index (χ1n) is 8.80. The number of nitrogens with one attached hydrogen (secondary N) is 2. The highest BCUT2D eigenvalue weighted by Crippen LogP contribution is 2.16. The second kappa shape index (κ2) is 9.20. The van der Waals surface area contributed by atoms with Crippen molar-refractivity contribution in [2.75, 3.05) is 11.1 Å². The second-order valence-corrected chi connectivity index (χ2v) is 7.26. The predicted octanol–water partition coefficient (Wildman–Crippen LogP) is 1.76. The fourth-order valence-electron chi connectivity index (χ4n) is 2.68. The molecule has 0 spiro atoms. The van der Waals surface area contributed by atoms with E-state index in [4.69, 9.17) is 0 Å². The molecular formula is C21H18N3O4S-. The first-order chi connectivity index (χ1) is 13.9. The first-order valence-corrected chi connectivity index (χ1v) is 9.78. The highest BCUT2D eigenvalue weighted by atomic mass is 32.2. The van der Waals surface area contributed by atoms with E-state index in [2.05, 4.69) is 15.3 Å². The monoisotopic (exact) mass is 408 g/mol. The zero-order valence-electron chi connectivity index (χ0n) is 15.6. The number of carboxylic acid groups (broad SMARTS) is 1. The van der Waals surface area contributed by atoms with Gasteiger partial charge in [0.15, 0.2) is 5.16 Å². The minimum Gasteiger partial charge on any atom is -0.545 e. The highest BCUT2D eigenvalue weighted by Gasteiger charge is 2.11. The van der Waals surface area contributed by atoms with Crippen LogP contribution in [0.2, 0.25) is 0 Å². The number of benzene rings is 2. The summed E-state index contributed by atoms with van der Waals surface area (Å²) in [5.41, 5.74) is 2.52. The molecular weight excluding hydrogens is 390 g/mol. The van der Waals surface area contributed by atoms with Gasteiger partial charge in [-0.25, -0.2) is 4.98 Å². The number of aryl methyl sites for hydroxylation is 1. The van der Waals surface area contributed by atoms with E-state index in [-0.39, 0.29) is 22.8 Å². The summed E-state index contributed by atoms with van der Waals surface area (Å²) < 4.78 is 0. The van der Waals surface area contributed by atoms with Crippen molar-refractivity contribution in [3.63, 3.8) is 0 Å². The zero-order valence-corrected chi connectivity index (χ0v) is 16.4. The Kier molecular flexibility index (Phi) is 6.46. The van der Waals surface area contributed by atoms with Crippen LogP contribution in [0.15, 0.2) is 64.5 Å². The van der Waals surface area contributed by atoms with Crippen LogP contribution in [0.3, 0.4) is 0 Å². The number of amides is 1. The van der Waals surface area contributed by atoms with Crippen LogP contribution in [0, 0.1) is 6.92 Å². The third-order valence-electron chi connectivity index (χ3n) is 4.17. The third kappa shape index (κ3) is 5.55. The summed E-state index contributed by atoms with van der Waals surface area (Å²) in [7, 11) is 0. The molecule has 0 bridgehead atoms. The standard InChI is InChI=1S/C21H19N3O4S/c1-13-17(11-14-5-3-2-4-6-14)19(26)24-21(22-13)29-12-18(25)23-16-9-7-15(8-10-16)20(27)28/h2-10H,11-12H2,1H3,(H,23,25)(H,27,28)(H,22,24,26)/p-1. The van der Waals surface area contributed by atoms with Crippen molar-refractivity contribution < 1.29 is 14.7 Å². The molecule has 8 heteroatoms. The Bertz CT molecular complexity index is 1080. The lowest BCUT2D eigenvalue weighted by Gasteiger charge is -2.08. The van der Waals surface area contributed by atoms with Gasteiger partial charge in [0, 0.05) is 23.4 Å². The van der Waals surface area contributed by atoms with E-state index in [0.29, 0.717) is 28.5 Å². The van der Waals surface area contributed by atoms with Crippen molar-refractivity contribution in [1.82, 2.24) is 9.97 Å². The van der Waals surface area contributed by atoms with E-state index in [9.17, 15) is 19.5 Å². The fraction of sp³-hybridized carbons (Fsp3) is 0.143. The Labute approximate surface area is 171 Å². The number of thioether (sulfide) groups is 1. The minimum absolute atomic E-state index is 0.0326. The smallest absolute Gasteiger partial charge is 0.255 e. The normalized spacial score (nSPS) is 10.5. The van der Waals surface area contributed by atoms with E-state index >= 15 is 0 Å². The molecule has 0 atom stereocenters. The molecule has 0 saturated heterocycles. The van der Waals surface area contributed by atoms with Gasteiger partial charge in [0.05, 0.1) is 11.7 Å². The molecule has 1 aromatic heterocycles. The van der Waals surface area contributed by atoms with Crippen LogP contribution in [0.5, 0.6) is 0 Å². The number of H-pyrrole nitrogens is 1. The van der Waals surface area contributed by atoms with Gasteiger partial charge >= 0.3 is 0 Å². The molecule has 0 aliphatic rings. The number of aromatic carboxylic acids is 1. The number of rotatable bonds is 7. The molecule has 0 saturated carbocycles. The highest BCUT2D eigenvalue weighted by molar-refractivity contribution is 7.99. The van der Waals surface area contributed by atoms with Crippen molar-refractivity contribution >= 4 is 29.3 Å². The van der Waals surface area contributed by atoms with Crippen LogP contribution in [-0.4, -0.2) is 27.6 Å². The number of aromatic nitrogens is 2. The van der Waals surface area contributed by atoms with Gasteiger partial charge in [0.25, 0.3) is 5.56 Å². The fourth-order valence-corrected chi connectivity index (χ4v) is 3.39. The van der Waals surface area contributed by atoms with E-state index in [0.717, 1.165) is 17.3 Å². The number of carbonyl (C=O) groups excluding carboxylic acids is 2. The summed E-state index contributed by atoms with van der Waals surface area (Å²) >= 11 is 1.12. The van der Waals surface area contributed by atoms with Gasteiger partial charge in [0.2, 0.25) is 5.91 Å². The molecule has 2 N–H and O–H groups in total. The zero-order chi connectivity index (χ0) is 20.8. The maximum atomic E-state index is 12.4. The molecule has 2 aromatic carbocycles. The molecule has 7 nitrogen and oxygen atoms in total. The van der Waals surface area contributed by atoms with Gasteiger partial charge in [-0.3, -0.25) is 9.59 Å². The molecule has 0 radical (unpaired) electrons. The number of carboxylic acids is 1. The number of aromatic amines is 1. The lowest BCUT2D eigenvalue weighted by atomic mass is 10.1. The molecule has 0 aliphatic carbocycles. The molecule has 1 amide bonds. The lowest BCUT2D eigenvalue weighted by molar-refractivity contribution is -0.255. The van der Waals surface area contributed by atoms with E-state index < -0.39 is 5.97 Å². The summed E-state index contributed by atoms with van der Waals surface area (Å²) in [6, 6.07) is 15.3. The topological polar surface area (TPSA) is 115 Å². The van der Waals surface area contributed by atoms with Gasteiger partial charge < -0.3 is 20.2 Å². The molecule has 0 fully saturated rings. The third-order valence-corrected chi connectivity index (χ3v) is 5.04. The number of anilines is 1. The molecule has 3 aromatic rings. The summed E-state index contributed by atoms with van der Waals surface area (Å²) in [5.74, 6) is -1.53. The van der Waals surface area contributed by atoms with Crippen molar-refractivity contribution in [3.8, 4) is 0 Å². The van der Waals surface area contributed by atoms with Crippen molar-refractivity contribution in [2.45, 2.75) is 18.5 Å². The van der Waals surface area contributed by atoms with Crippen LogP contribution < -0.4 is 16.0 Å². The Hall–Kier alpha value is -3.39. The van der Waals surface area contributed by atoms with Gasteiger partial charge in [-0.05, 0) is 30.2 Å². The second-order valence-electron chi connectivity index (χ2n) is 6.30. The van der Waals surface area contributed by atoms with Crippen LogP contribution in [0.4, 0.5) is 5.69 Å². The molecule has 148 valence electrons. The number of carbonyl (C=O) groups is 2. The summed E-state index contributed by atoms with van der Waals surface area (Å²) in [5, 5.41) is 13.8. The quantitative estimate of drug-likeness (QED) is 0.455. The van der Waals surface area contributed by atoms with E-state index in [1.54, 1.807) is 6.92 Å². The van der Waals surface area contributed by atoms with Crippen LogP contribution in [0.25, 0.3) is 0 Å². The van der Waals surface area contributed by atoms with Crippen LogP contribution in [-0.2, 0) is 11.2 Å². The number of hydrogen-bond acceptors (Lipinski definition) is 6. The number of hydrogen-bond donors (Lipinski definition) is 2. The van der Waals surface area contributed by atoms with Crippen LogP contribution >= 0.6 is 11.8 Å². The Morgan fingerprint density at radius 3 is 2.41 bits per heavy atom. The van der Waals surface area contributed by atoms with E-state index in [1.807, 2.05) is 30.3 Å². The average molecular weight is 408 g/mol. The van der Waals surface area contributed by atoms with Gasteiger partial charge in [-0.1, -0.05) is 54.2 Å². The van der Waals surface area contributed by atoms with Gasteiger partial charge in [-0.15, -0.1) is 0 Å². The summed E-state index contributed by atoms with van der Waals surface area (Å²) in [6.07, 6.45) is 0.488. The maximum Gasteiger partial charge on any atom is 0.255 e. The Morgan fingerprint density at radius 2 is 1.79 bits per heavy atom. The van der Waals surface area contributed by atoms with Gasteiger partial charge in [0.1, 0.15) is 0 Å². The molecule has 0 aliphatic heterocycles.